The van der Waals surface area contributed by atoms with E-state index in [1.165, 1.54) is 22.3 Å². The molecule has 1 heterocycles. The molecule has 3 heteroatoms. The summed E-state index contributed by atoms with van der Waals surface area (Å²) in [5.74, 6) is 1.54. The molecule has 0 atom stereocenters. The van der Waals surface area contributed by atoms with Gasteiger partial charge in [0.25, 0.3) is 0 Å². The van der Waals surface area contributed by atoms with E-state index in [0.717, 1.165) is 31.7 Å². The van der Waals surface area contributed by atoms with Crippen LogP contribution in [0, 0.1) is 19.8 Å². The van der Waals surface area contributed by atoms with Crippen LogP contribution >= 0.6 is 0 Å². The van der Waals surface area contributed by atoms with Gasteiger partial charge in [0.2, 0.25) is 5.91 Å². The molecular formula is C21H23NO2. The molecule has 0 aromatic heterocycles. The molecule has 1 aliphatic heterocycles. The highest BCUT2D eigenvalue weighted by Crippen LogP contribution is 2.34. The molecule has 3 nitrogen and oxygen atoms in total. The predicted octanol–water partition coefficient (Wildman–Crippen LogP) is 3.97. The van der Waals surface area contributed by atoms with Gasteiger partial charge in [-0.25, -0.2) is 0 Å². The van der Waals surface area contributed by atoms with Crippen LogP contribution in [0.25, 0.3) is 11.1 Å². The van der Waals surface area contributed by atoms with Gasteiger partial charge in [-0.1, -0.05) is 30.3 Å². The van der Waals surface area contributed by atoms with Crippen molar-refractivity contribution in [3.63, 3.8) is 0 Å². The summed E-state index contributed by atoms with van der Waals surface area (Å²) >= 11 is 0. The van der Waals surface area contributed by atoms with Gasteiger partial charge in [0.1, 0.15) is 11.9 Å². The molecule has 2 aromatic carbocycles. The van der Waals surface area contributed by atoms with Crippen molar-refractivity contribution in [2.24, 2.45) is 5.92 Å². The normalized spacial score (nSPS) is 17.5. The summed E-state index contributed by atoms with van der Waals surface area (Å²) in [7, 11) is 0. The molecule has 2 fully saturated rings. The van der Waals surface area contributed by atoms with Crippen molar-refractivity contribution < 1.29 is 9.53 Å². The molecule has 2 aliphatic rings. The van der Waals surface area contributed by atoms with Crippen LogP contribution in [-0.4, -0.2) is 30.0 Å². The largest absolute Gasteiger partial charge is 0.487 e. The Morgan fingerprint density at radius 2 is 1.67 bits per heavy atom. The third kappa shape index (κ3) is 2.91. The first-order chi connectivity index (χ1) is 11.6. The van der Waals surface area contributed by atoms with Crippen LogP contribution in [-0.2, 0) is 4.79 Å². The number of hydrogen-bond acceptors (Lipinski definition) is 2. The summed E-state index contributed by atoms with van der Waals surface area (Å²) in [6.07, 6.45) is 2.27. The SMILES string of the molecule is Cc1cc(OC2CN(C(=O)C3CC3)C2)cc(C)c1-c1ccccc1. The van der Waals surface area contributed by atoms with Gasteiger partial charge in [-0.3, -0.25) is 4.79 Å². The lowest BCUT2D eigenvalue weighted by Crippen LogP contribution is -2.56. The lowest BCUT2D eigenvalue weighted by Gasteiger charge is -2.39. The lowest BCUT2D eigenvalue weighted by atomic mass is 9.95. The third-order valence-electron chi connectivity index (χ3n) is 4.96. The number of amides is 1. The number of likely N-dealkylation sites (tertiary alicyclic amines) is 1. The molecule has 4 rings (SSSR count). The summed E-state index contributed by atoms with van der Waals surface area (Å²) in [5.41, 5.74) is 4.97. The molecule has 0 N–H and O–H groups in total. The zero-order valence-electron chi connectivity index (χ0n) is 14.3. The predicted molar refractivity (Wildman–Crippen MR) is 95.1 cm³/mol. The highest BCUT2D eigenvalue weighted by molar-refractivity contribution is 5.81. The van der Waals surface area contributed by atoms with E-state index >= 15 is 0 Å². The van der Waals surface area contributed by atoms with E-state index in [9.17, 15) is 4.79 Å². The van der Waals surface area contributed by atoms with Crippen LogP contribution in [0.5, 0.6) is 5.75 Å². The highest BCUT2D eigenvalue weighted by Gasteiger charge is 2.40. The summed E-state index contributed by atoms with van der Waals surface area (Å²) < 4.78 is 6.09. The third-order valence-corrected chi connectivity index (χ3v) is 4.96. The number of carbonyl (C=O) groups is 1. The summed E-state index contributed by atoms with van der Waals surface area (Å²) in [5, 5.41) is 0. The Labute approximate surface area is 143 Å². The molecule has 0 unspecified atom stereocenters. The lowest BCUT2D eigenvalue weighted by molar-refractivity contribution is -0.141. The van der Waals surface area contributed by atoms with Gasteiger partial charge in [-0.2, -0.15) is 0 Å². The molecule has 1 saturated heterocycles. The molecule has 124 valence electrons. The Morgan fingerprint density at radius 3 is 2.25 bits per heavy atom. The number of aryl methyl sites for hydroxylation is 2. The van der Waals surface area contributed by atoms with E-state index in [0.29, 0.717) is 11.8 Å². The molecule has 0 radical (unpaired) electrons. The van der Waals surface area contributed by atoms with Crippen LogP contribution in [0.3, 0.4) is 0 Å². The topological polar surface area (TPSA) is 29.5 Å². The zero-order chi connectivity index (χ0) is 16.7. The van der Waals surface area contributed by atoms with Crippen molar-refractivity contribution in [3.8, 4) is 16.9 Å². The van der Waals surface area contributed by atoms with E-state index in [1.807, 2.05) is 11.0 Å². The first-order valence-corrected chi connectivity index (χ1v) is 8.74. The number of nitrogens with zero attached hydrogens (tertiary/aromatic N) is 1. The summed E-state index contributed by atoms with van der Waals surface area (Å²) in [6.45, 7) is 5.72. The van der Waals surface area contributed by atoms with Crippen LogP contribution < -0.4 is 4.74 Å². The Hall–Kier alpha value is -2.29. The van der Waals surface area contributed by atoms with Gasteiger partial charge in [0.15, 0.2) is 0 Å². The van der Waals surface area contributed by atoms with Crippen molar-refractivity contribution >= 4 is 5.91 Å². The van der Waals surface area contributed by atoms with E-state index < -0.39 is 0 Å². The molecular weight excluding hydrogens is 298 g/mol. The first kappa shape index (κ1) is 15.3. The molecule has 1 aliphatic carbocycles. The average Bonchev–Trinajstić information content (AvgIpc) is 3.35. The van der Waals surface area contributed by atoms with Crippen molar-refractivity contribution in [1.29, 1.82) is 0 Å². The highest BCUT2D eigenvalue weighted by atomic mass is 16.5. The number of hydrogen-bond donors (Lipinski definition) is 0. The zero-order valence-corrected chi connectivity index (χ0v) is 14.3. The Kier molecular flexibility index (Phi) is 3.79. The minimum Gasteiger partial charge on any atom is -0.487 e. The second-order valence-electron chi connectivity index (χ2n) is 7.06. The molecule has 24 heavy (non-hydrogen) atoms. The summed E-state index contributed by atoms with van der Waals surface area (Å²) in [6, 6.07) is 14.7. The molecule has 0 spiro atoms. The van der Waals surface area contributed by atoms with Gasteiger partial charge in [-0.05, 0) is 61.1 Å². The second-order valence-corrected chi connectivity index (χ2v) is 7.06. The summed E-state index contributed by atoms with van der Waals surface area (Å²) in [4.78, 5) is 13.9. The quantitative estimate of drug-likeness (QED) is 0.853. The maximum absolute atomic E-state index is 12.0. The average molecular weight is 321 g/mol. The standard InChI is InChI=1S/C21H23NO2/c1-14-10-18(11-15(2)20(14)16-6-4-3-5-7-16)24-19-12-22(13-19)21(23)17-8-9-17/h3-7,10-11,17,19H,8-9,12-13H2,1-2H3. The van der Waals surface area contributed by atoms with Gasteiger partial charge in [0.05, 0.1) is 13.1 Å². The van der Waals surface area contributed by atoms with Crippen LogP contribution in [0.15, 0.2) is 42.5 Å². The van der Waals surface area contributed by atoms with Crippen molar-refractivity contribution in [2.75, 3.05) is 13.1 Å². The monoisotopic (exact) mass is 321 g/mol. The van der Waals surface area contributed by atoms with Gasteiger partial charge < -0.3 is 9.64 Å². The number of rotatable bonds is 4. The molecule has 1 saturated carbocycles. The fraction of sp³-hybridized carbons (Fsp3) is 0.381. The minimum absolute atomic E-state index is 0.133. The van der Waals surface area contributed by atoms with Crippen molar-refractivity contribution in [2.45, 2.75) is 32.8 Å². The number of benzene rings is 2. The molecule has 2 aromatic rings. The Bertz CT molecular complexity index is 736. The maximum Gasteiger partial charge on any atom is 0.225 e. The molecule has 1 amide bonds. The Balaban J connectivity index is 1.45. The maximum atomic E-state index is 12.0. The molecule has 0 bridgehead atoms. The van der Waals surface area contributed by atoms with Gasteiger partial charge in [0, 0.05) is 5.92 Å². The van der Waals surface area contributed by atoms with Crippen LogP contribution in [0.4, 0.5) is 0 Å². The van der Waals surface area contributed by atoms with E-state index in [-0.39, 0.29) is 6.10 Å². The van der Waals surface area contributed by atoms with Crippen molar-refractivity contribution in [1.82, 2.24) is 4.90 Å². The van der Waals surface area contributed by atoms with E-state index in [4.69, 9.17) is 4.74 Å². The van der Waals surface area contributed by atoms with Crippen molar-refractivity contribution in [3.05, 3.63) is 53.6 Å². The number of ether oxygens (including phenoxy) is 1. The van der Waals surface area contributed by atoms with E-state index in [1.54, 1.807) is 0 Å². The fourth-order valence-corrected chi connectivity index (χ4v) is 3.53. The van der Waals surface area contributed by atoms with E-state index in [2.05, 4.69) is 50.2 Å². The number of carbonyl (C=O) groups excluding carboxylic acids is 1. The minimum atomic E-state index is 0.133. The fourth-order valence-electron chi connectivity index (χ4n) is 3.53. The Morgan fingerprint density at radius 1 is 1.04 bits per heavy atom. The van der Waals surface area contributed by atoms with Gasteiger partial charge >= 0.3 is 0 Å². The first-order valence-electron chi connectivity index (χ1n) is 8.74. The van der Waals surface area contributed by atoms with Gasteiger partial charge in [-0.15, -0.1) is 0 Å². The van der Waals surface area contributed by atoms with Crippen LogP contribution in [0.2, 0.25) is 0 Å². The van der Waals surface area contributed by atoms with Crippen LogP contribution in [0.1, 0.15) is 24.0 Å². The smallest absolute Gasteiger partial charge is 0.225 e. The second kappa shape index (κ2) is 5.97.